The van der Waals surface area contributed by atoms with Gasteiger partial charge < -0.3 is 9.84 Å². The van der Waals surface area contributed by atoms with Gasteiger partial charge in [0.25, 0.3) is 0 Å². The van der Waals surface area contributed by atoms with Gasteiger partial charge in [0.1, 0.15) is 13.2 Å². The van der Waals surface area contributed by atoms with Crippen molar-refractivity contribution in [2.75, 3.05) is 26.3 Å². The van der Waals surface area contributed by atoms with E-state index in [9.17, 15) is 9.90 Å². The van der Waals surface area contributed by atoms with Crippen LogP contribution in [0.1, 0.15) is 32.3 Å². The zero-order chi connectivity index (χ0) is 18.1. The molecule has 1 saturated heterocycles. The fourth-order valence-corrected chi connectivity index (χ4v) is 6.75. The molecule has 0 radical (unpaired) electrons. The Hall–Kier alpha value is -1.52. The number of aliphatic hydroxyl groups is 1. The lowest BCUT2D eigenvalue weighted by Crippen LogP contribution is -2.74. The van der Waals surface area contributed by atoms with Gasteiger partial charge >= 0.3 is 0 Å². The molecular weight excluding hydrogens is 326 g/mol. The minimum absolute atomic E-state index is 0.0338. The lowest BCUT2D eigenvalue weighted by molar-refractivity contribution is -0.554. The third-order valence-corrected chi connectivity index (χ3v) is 7.95. The lowest BCUT2D eigenvalue weighted by Gasteiger charge is -2.65. The summed E-state index contributed by atoms with van der Waals surface area (Å²) in [4.78, 5) is 13.4. The van der Waals surface area contributed by atoms with Crippen LogP contribution in [0.5, 0.6) is 0 Å². The second kappa shape index (κ2) is 5.49. The van der Waals surface area contributed by atoms with Crippen LogP contribution in [0.25, 0.3) is 0 Å². The zero-order valence-electron chi connectivity index (χ0n) is 15.6. The maximum Gasteiger partial charge on any atom is 0.166 e. The van der Waals surface area contributed by atoms with Crippen LogP contribution in [0.3, 0.4) is 0 Å². The number of benzene rings is 1. The summed E-state index contributed by atoms with van der Waals surface area (Å²) in [6, 6.07) is 10.4. The van der Waals surface area contributed by atoms with Gasteiger partial charge in [-0.25, -0.2) is 4.58 Å². The summed E-state index contributed by atoms with van der Waals surface area (Å²) in [6.45, 7) is 7.38. The molecule has 1 N–H and O–H groups in total. The summed E-state index contributed by atoms with van der Waals surface area (Å²) in [6.07, 6.45) is 1.69. The SMILES string of the molecule is CC1[C@@H]2C[C@@]3(c4ccccc4)C[C@H](C(=O)[C@@H]1C3(C)O)C2=[N+]1CCOCC1. The highest BCUT2D eigenvalue weighted by atomic mass is 16.5. The van der Waals surface area contributed by atoms with Gasteiger partial charge in [0.05, 0.1) is 17.4 Å². The molecule has 0 amide bonds. The molecule has 0 spiro atoms. The van der Waals surface area contributed by atoms with E-state index >= 15 is 0 Å². The number of ketones is 1. The van der Waals surface area contributed by atoms with Crippen molar-refractivity contribution in [2.45, 2.75) is 37.7 Å². The van der Waals surface area contributed by atoms with Gasteiger partial charge in [-0.15, -0.1) is 0 Å². The summed E-state index contributed by atoms with van der Waals surface area (Å²) in [5.41, 5.74) is 1.26. The largest absolute Gasteiger partial charge is 0.388 e. The molecule has 5 aliphatic rings. The van der Waals surface area contributed by atoms with Gasteiger partial charge in [0.2, 0.25) is 0 Å². The van der Waals surface area contributed by atoms with E-state index in [0.29, 0.717) is 5.92 Å². The van der Waals surface area contributed by atoms with Crippen molar-refractivity contribution in [1.82, 2.24) is 0 Å². The van der Waals surface area contributed by atoms with E-state index in [2.05, 4.69) is 35.8 Å². The predicted octanol–water partition coefficient (Wildman–Crippen LogP) is 2.03. The van der Waals surface area contributed by atoms with E-state index in [1.165, 1.54) is 11.3 Å². The number of rotatable bonds is 1. The molecule has 1 aromatic carbocycles. The molecule has 6 atom stereocenters. The molecule has 1 aliphatic heterocycles. The Labute approximate surface area is 154 Å². The Balaban J connectivity index is 1.68. The average molecular weight is 354 g/mol. The minimum atomic E-state index is -0.978. The number of Topliss-reactive ketones (excluding diaryl/α,β-unsaturated/α-hetero) is 1. The van der Waals surface area contributed by atoms with Gasteiger partial charge in [0, 0.05) is 11.3 Å². The standard InChI is InChI=1S/C22H28NO3/c1-14-16-12-22(15-6-4-3-5-7-15)13-17(20(24)18(14)21(22,2)25)19(16)23-8-10-26-11-9-23/h3-7,14,16-18,25H,8-13H2,1-2H3/q+1/t14?,16-,17-,18+,21?,22-/m0/s1. The van der Waals surface area contributed by atoms with E-state index in [0.717, 1.165) is 39.1 Å². The van der Waals surface area contributed by atoms with Crippen LogP contribution in [-0.4, -0.2) is 53.1 Å². The molecule has 1 heterocycles. The van der Waals surface area contributed by atoms with Crippen LogP contribution in [0.4, 0.5) is 0 Å². The zero-order valence-corrected chi connectivity index (χ0v) is 15.6. The van der Waals surface area contributed by atoms with Crippen molar-refractivity contribution in [3.8, 4) is 0 Å². The first-order valence-electron chi connectivity index (χ1n) is 9.98. The topological polar surface area (TPSA) is 49.5 Å². The summed E-state index contributed by atoms with van der Waals surface area (Å²) >= 11 is 0. The van der Waals surface area contributed by atoms with Crippen molar-refractivity contribution in [2.24, 2.45) is 23.7 Å². The van der Waals surface area contributed by atoms with Crippen molar-refractivity contribution < 1.29 is 19.2 Å². The minimum Gasteiger partial charge on any atom is -0.388 e. The molecular formula is C22H28NO3+. The van der Waals surface area contributed by atoms with E-state index in [1.807, 2.05) is 13.0 Å². The first-order valence-corrected chi connectivity index (χ1v) is 9.98. The highest BCUT2D eigenvalue weighted by molar-refractivity contribution is 6.10. The van der Waals surface area contributed by atoms with Gasteiger partial charge in [0.15, 0.2) is 24.6 Å². The Bertz CT molecular complexity index is 776. The van der Waals surface area contributed by atoms with Gasteiger partial charge in [-0.1, -0.05) is 37.3 Å². The average Bonchev–Trinajstić information content (AvgIpc) is 2.66. The number of nitrogens with zero attached hydrogens (tertiary/aromatic N) is 1. The molecule has 6 rings (SSSR count). The summed E-state index contributed by atoms with van der Waals surface area (Å²) < 4.78 is 7.97. The maximum atomic E-state index is 13.4. The van der Waals surface area contributed by atoms with Crippen LogP contribution in [0.15, 0.2) is 30.3 Å². The number of morpholine rings is 1. The van der Waals surface area contributed by atoms with Crippen LogP contribution >= 0.6 is 0 Å². The molecule has 1 aromatic rings. The lowest BCUT2D eigenvalue weighted by atomic mass is 9.38. The summed E-state index contributed by atoms with van der Waals surface area (Å²) in [7, 11) is 0. The molecule has 4 aliphatic carbocycles. The molecule has 4 heteroatoms. The van der Waals surface area contributed by atoms with Gasteiger partial charge in [-0.05, 0) is 31.2 Å². The third kappa shape index (κ3) is 1.92. The first-order chi connectivity index (χ1) is 12.5. The fraction of sp³-hybridized carbons (Fsp3) is 0.636. The summed E-state index contributed by atoms with van der Waals surface area (Å²) in [5, 5.41) is 11.7. The van der Waals surface area contributed by atoms with Crippen LogP contribution < -0.4 is 0 Å². The van der Waals surface area contributed by atoms with Gasteiger partial charge in [-0.2, -0.15) is 0 Å². The highest BCUT2D eigenvalue weighted by Gasteiger charge is 2.72. The molecule has 2 unspecified atom stereocenters. The van der Waals surface area contributed by atoms with Gasteiger partial charge in [-0.3, -0.25) is 4.79 Å². The Morgan fingerprint density at radius 1 is 1.15 bits per heavy atom. The molecule has 138 valence electrons. The highest BCUT2D eigenvalue weighted by Crippen LogP contribution is 2.64. The normalized spacial score (nSPS) is 44.7. The number of hydrogen-bond acceptors (Lipinski definition) is 3. The van der Waals surface area contributed by atoms with Crippen LogP contribution in [-0.2, 0) is 14.9 Å². The van der Waals surface area contributed by atoms with Crippen molar-refractivity contribution in [1.29, 1.82) is 0 Å². The molecule has 4 bridgehead atoms. The maximum absolute atomic E-state index is 13.4. The Kier molecular flexibility index (Phi) is 3.51. The van der Waals surface area contributed by atoms with E-state index in [-0.39, 0.29) is 29.0 Å². The van der Waals surface area contributed by atoms with Crippen LogP contribution in [0, 0.1) is 23.7 Å². The monoisotopic (exact) mass is 354 g/mol. The first kappa shape index (κ1) is 16.6. The van der Waals surface area contributed by atoms with E-state index in [4.69, 9.17) is 4.74 Å². The fourth-order valence-electron chi connectivity index (χ4n) is 6.75. The third-order valence-electron chi connectivity index (χ3n) is 7.95. The molecule has 4 nitrogen and oxygen atoms in total. The van der Waals surface area contributed by atoms with Crippen molar-refractivity contribution in [3.05, 3.63) is 35.9 Å². The number of carbonyl (C=O) groups is 1. The number of carbonyl (C=O) groups excluding carboxylic acids is 1. The van der Waals surface area contributed by atoms with Crippen molar-refractivity contribution in [3.63, 3.8) is 0 Å². The Morgan fingerprint density at radius 2 is 1.85 bits per heavy atom. The number of ether oxygens (including phenoxy) is 1. The van der Waals surface area contributed by atoms with E-state index in [1.54, 1.807) is 0 Å². The number of hydrogen-bond donors (Lipinski definition) is 1. The van der Waals surface area contributed by atoms with Crippen LogP contribution in [0.2, 0.25) is 0 Å². The summed E-state index contributed by atoms with van der Waals surface area (Å²) in [5.74, 6) is 0.559. The quantitative estimate of drug-likeness (QED) is 0.785. The second-order valence-corrected chi connectivity index (χ2v) is 8.93. The Morgan fingerprint density at radius 3 is 2.54 bits per heavy atom. The van der Waals surface area contributed by atoms with Crippen molar-refractivity contribution >= 4 is 11.5 Å². The predicted molar refractivity (Wildman–Crippen MR) is 98.4 cm³/mol. The smallest absolute Gasteiger partial charge is 0.166 e. The van der Waals surface area contributed by atoms with E-state index < -0.39 is 5.60 Å². The molecule has 0 aromatic heterocycles. The molecule has 5 fully saturated rings. The molecule has 4 saturated carbocycles. The second-order valence-electron chi connectivity index (χ2n) is 8.93. The molecule has 26 heavy (non-hydrogen) atoms.